The van der Waals surface area contributed by atoms with Crippen LogP contribution in [-0.2, 0) is 16.0 Å². The number of aryl methyl sites for hydroxylation is 1. The largest absolute Gasteiger partial charge is 0.440 e. The third-order valence-corrected chi connectivity index (χ3v) is 7.16. The van der Waals surface area contributed by atoms with Gasteiger partial charge in [0.1, 0.15) is 11.4 Å². The van der Waals surface area contributed by atoms with E-state index in [1.807, 2.05) is 0 Å². The third kappa shape index (κ3) is 5.99. The number of hydrogen-bond acceptors (Lipinski definition) is 6. The molecule has 13 heteroatoms. The molecular weight excluding hydrogens is 569 g/mol. The van der Waals surface area contributed by atoms with Gasteiger partial charge in [0.25, 0.3) is 0 Å². The van der Waals surface area contributed by atoms with Crippen LogP contribution in [0.4, 0.5) is 22.0 Å². The van der Waals surface area contributed by atoms with Crippen LogP contribution in [0, 0.1) is 6.92 Å². The lowest BCUT2D eigenvalue weighted by molar-refractivity contribution is -0.141. The van der Waals surface area contributed by atoms with Crippen LogP contribution in [-0.4, -0.2) is 36.0 Å². The smallest absolute Gasteiger partial charge is 0.435 e. The minimum atomic E-state index is -4.67. The van der Waals surface area contributed by atoms with E-state index in [4.69, 9.17) is 4.42 Å². The first-order chi connectivity index (χ1) is 19.3. The number of oxazole rings is 1. The zero-order chi connectivity index (χ0) is 29.5. The second kappa shape index (κ2) is 10.5. The molecule has 0 fully saturated rings. The first-order valence-electron chi connectivity index (χ1n) is 11.9. The monoisotopic (exact) mass is 589 g/mol. The van der Waals surface area contributed by atoms with Gasteiger partial charge in [0.05, 0.1) is 10.6 Å². The van der Waals surface area contributed by atoms with Gasteiger partial charge in [-0.15, -0.1) is 0 Å². The Morgan fingerprint density at radius 1 is 0.927 bits per heavy atom. The van der Waals surface area contributed by atoms with Crippen LogP contribution in [0.3, 0.4) is 0 Å². The summed E-state index contributed by atoms with van der Waals surface area (Å²) >= 11 is 0. The summed E-state index contributed by atoms with van der Waals surface area (Å²) in [7, 11) is -3.51. The summed E-state index contributed by atoms with van der Waals surface area (Å²) in [6.07, 6.45) is -2.43. The fourth-order valence-electron chi connectivity index (χ4n) is 4.21. The summed E-state index contributed by atoms with van der Waals surface area (Å²) in [5.74, 6) is 0.329. The Labute approximate surface area is 230 Å². The zero-order valence-electron chi connectivity index (χ0n) is 21.4. The topological polar surface area (TPSA) is 87.2 Å². The molecular formula is C28H20F5N3O4S. The maximum Gasteiger partial charge on any atom is 0.435 e. The molecule has 3 aromatic carbocycles. The number of halogens is 5. The van der Waals surface area contributed by atoms with Gasteiger partial charge in [-0.25, -0.2) is 18.1 Å². The lowest BCUT2D eigenvalue weighted by atomic mass is 9.98. The Balaban J connectivity index is 1.70. The van der Waals surface area contributed by atoms with E-state index in [9.17, 15) is 30.4 Å². The maximum atomic E-state index is 13.3. The molecule has 0 amide bonds. The fraction of sp³-hybridized carbons (Fsp3) is 0.143. The van der Waals surface area contributed by atoms with Crippen molar-refractivity contribution in [1.82, 2.24) is 14.8 Å². The van der Waals surface area contributed by atoms with Crippen molar-refractivity contribution in [2.45, 2.75) is 24.6 Å². The molecule has 0 N–H and O–H groups in total. The zero-order valence-corrected chi connectivity index (χ0v) is 22.2. The maximum absolute atomic E-state index is 13.3. The van der Waals surface area contributed by atoms with Crippen molar-refractivity contribution in [2.75, 3.05) is 6.26 Å². The van der Waals surface area contributed by atoms with Crippen molar-refractivity contribution in [3.8, 4) is 45.1 Å². The van der Waals surface area contributed by atoms with Crippen LogP contribution in [0.1, 0.15) is 11.6 Å². The molecule has 0 atom stereocenters. The second-order valence-corrected chi connectivity index (χ2v) is 11.0. The average molecular weight is 590 g/mol. The van der Waals surface area contributed by atoms with Gasteiger partial charge in [-0.2, -0.15) is 27.1 Å². The van der Waals surface area contributed by atoms with Gasteiger partial charge in [-0.1, -0.05) is 18.2 Å². The molecule has 0 aliphatic rings. The minimum absolute atomic E-state index is 0.0739. The van der Waals surface area contributed by atoms with Crippen LogP contribution in [0.25, 0.3) is 39.4 Å². The summed E-state index contributed by atoms with van der Waals surface area (Å²) in [4.78, 5) is 4.52. The normalized spacial score (nSPS) is 12.2. The quantitative estimate of drug-likeness (QED) is 0.187. The van der Waals surface area contributed by atoms with E-state index < -0.39 is 28.3 Å². The lowest BCUT2D eigenvalue weighted by Crippen LogP contribution is -2.07. The average Bonchev–Trinajstić information content (AvgIpc) is 3.55. The molecule has 5 rings (SSSR count). The highest BCUT2D eigenvalue weighted by atomic mass is 32.2. The summed E-state index contributed by atoms with van der Waals surface area (Å²) in [6, 6.07) is 17.5. The summed E-state index contributed by atoms with van der Waals surface area (Å²) < 4.78 is 101. The Kier molecular flexibility index (Phi) is 7.15. The van der Waals surface area contributed by atoms with Gasteiger partial charge in [0, 0.05) is 30.5 Å². The number of nitrogens with zero attached hydrogens (tertiary/aromatic N) is 3. The number of aromatic nitrogens is 3. The van der Waals surface area contributed by atoms with Crippen molar-refractivity contribution in [3.05, 3.63) is 90.6 Å². The van der Waals surface area contributed by atoms with E-state index in [1.165, 1.54) is 42.5 Å². The molecule has 41 heavy (non-hydrogen) atoms. The van der Waals surface area contributed by atoms with Crippen molar-refractivity contribution in [3.63, 3.8) is 0 Å². The van der Waals surface area contributed by atoms with E-state index in [0.29, 0.717) is 22.3 Å². The van der Waals surface area contributed by atoms with Crippen molar-refractivity contribution in [1.29, 1.82) is 0 Å². The first kappa shape index (κ1) is 28.0. The standard InChI is InChI=1S/C28H20F5N3O4S/c1-16-34-25(17-6-9-20(10-7-17)40-27(29)30)26(39-16)22-15-19(18-4-3-5-21(14-18)41(2,37)38)8-11-23(22)36-13-12-24(35-36)28(31,32)33/h3-15,27H,1-2H3. The molecule has 0 aliphatic heterocycles. The van der Waals surface area contributed by atoms with Crippen molar-refractivity contribution in [2.24, 2.45) is 0 Å². The SMILES string of the molecule is Cc1nc(-c2ccc(OC(F)F)cc2)c(-c2cc(-c3cccc(S(C)(=O)=O)c3)ccc2-n2ccc(C(F)(F)F)n2)o1. The van der Waals surface area contributed by atoms with Gasteiger partial charge >= 0.3 is 12.8 Å². The summed E-state index contributed by atoms with van der Waals surface area (Å²) in [5, 5.41) is 3.70. The highest BCUT2D eigenvalue weighted by molar-refractivity contribution is 7.90. The van der Waals surface area contributed by atoms with Crippen LogP contribution in [0.5, 0.6) is 5.75 Å². The molecule has 0 aliphatic carbocycles. The van der Waals surface area contributed by atoms with Gasteiger partial charge < -0.3 is 9.15 Å². The first-order valence-corrected chi connectivity index (χ1v) is 13.8. The van der Waals surface area contributed by atoms with Gasteiger partial charge in [-0.05, 0) is 65.7 Å². The van der Waals surface area contributed by atoms with E-state index in [2.05, 4.69) is 14.8 Å². The Morgan fingerprint density at radius 3 is 2.24 bits per heavy atom. The fourth-order valence-corrected chi connectivity index (χ4v) is 4.88. The number of rotatable bonds is 7. The molecule has 2 heterocycles. The molecule has 0 radical (unpaired) electrons. The molecule has 212 valence electrons. The van der Waals surface area contributed by atoms with E-state index >= 15 is 0 Å². The molecule has 5 aromatic rings. The molecule has 0 bridgehead atoms. The Morgan fingerprint density at radius 2 is 1.61 bits per heavy atom. The molecule has 7 nitrogen and oxygen atoms in total. The van der Waals surface area contributed by atoms with Crippen LogP contribution in [0.2, 0.25) is 0 Å². The number of ether oxygens (including phenoxy) is 1. The molecule has 2 aromatic heterocycles. The second-order valence-electron chi connectivity index (χ2n) is 8.99. The summed E-state index contributed by atoms with van der Waals surface area (Å²) in [6.45, 7) is -1.43. The van der Waals surface area contributed by atoms with E-state index in [-0.39, 0.29) is 33.7 Å². The van der Waals surface area contributed by atoms with Gasteiger partial charge in [-0.3, -0.25) is 0 Å². The van der Waals surface area contributed by atoms with Gasteiger partial charge in [0.15, 0.2) is 27.2 Å². The van der Waals surface area contributed by atoms with Crippen LogP contribution >= 0.6 is 0 Å². The Bertz CT molecular complexity index is 1830. The third-order valence-electron chi connectivity index (χ3n) is 6.05. The minimum Gasteiger partial charge on any atom is -0.440 e. The van der Waals surface area contributed by atoms with Crippen molar-refractivity contribution >= 4 is 9.84 Å². The highest BCUT2D eigenvalue weighted by Crippen LogP contribution is 2.39. The molecule has 0 spiro atoms. The van der Waals surface area contributed by atoms with Crippen molar-refractivity contribution < 1.29 is 39.5 Å². The molecule has 0 saturated heterocycles. The highest BCUT2D eigenvalue weighted by Gasteiger charge is 2.34. The van der Waals surface area contributed by atoms with E-state index in [0.717, 1.165) is 23.2 Å². The number of benzene rings is 3. The molecule has 0 unspecified atom stereocenters. The predicted molar refractivity (Wildman–Crippen MR) is 139 cm³/mol. The van der Waals surface area contributed by atoms with E-state index in [1.54, 1.807) is 31.2 Å². The number of hydrogen-bond donors (Lipinski definition) is 0. The molecule has 0 saturated carbocycles. The van der Waals surface area contributed by atoms with Crippen LogP contribution in [0.15, 0.2) is 88.3 Å². The van der Waals surface area contributed by atoms with Crippen LogP contribution < -0.4 is 4.74 Å². The lowest BCUT2D eigenvalue weighted by Gasteiger charge is -2.13. The van der Waals surface area contributed by atoms with Gasteiger partial charge in [0.2, 0.25) is 0 Å². The number of alkyl halides is 5. The summed E-state index contributed by atoms with van der Waals surface area (Å²) in [5.41, 5.74) is 1.24. The number of sulfone groups is 1. The Hall–Kier alpha value is -4.52. The predicted octanol–water partition coefficient (Wildman–Crippen LogP) is 7.19.